The summed E-state index contributed by atoms with van der Waals surface area (Å²) in [6, 6.07) is 5.07. The smallest absolute Gasteiger partial charge is 0.146 e. The Balaban J connectivity index is 2.58. The zero-order valence-corrected chi connectivity index (χ0v) is 20.7. The van der Waals surface area contributed by atoms with Crippen molar-refractivity contribution in [3.8, 4) is 6.07 Å². The average Bonchev–Trinajstić information content (AvgIpc) is 2.75. The van der Waals surface area contributed by atoms with Gasteiger partial charge in [0.1, 0.15) is 31.1 Å². The van der Waals surface area contributed by atoms with E-state index in [1.165, 1.54) is 12.1 Å². The van der Waals surface area contributed by atoms with E-state index < -0.39 is 42.7 Å². The molecule has 0 aromatic carbocycles. The van der Waals surface area contributed by atoms with Gasteiger partial charge < -0.3 is 9.11 Å². The van der Waals surface area contributed by atoms with Crippen LogP contribution in [0.25, 0.3) is 0 Å². The van der Waals surface area contributed by atoms with E-state index in [1.54, 1.807) is 13.8 Å². The Morgan fingerprint density at radius 3 is 2.69 bits per heavy atom. The number of hydrogen-bond donors (Lipinski definition) is 3. The summed E-state index contributed by atoms with van der Waals surface area (Å²) in [6.07, 6.45) is 2.19. The van der Waals surface area contributed by atoms with Gasteiger partial charge in [0.25, 0.3) is 0 Å². The summed E-state index contributed by atoms with van der Waals surface area (Å²) in [5.41, 5.74) is -1.22. The lowest BCUT2D eigenvalue weighted by molar-refractivity contribution is 0.415. The van der Waals surface area contributed by atoms with Crippen LogP contribution >= 0.6 is 26.4 Å². The fourth-order valence-electron chi connectivity index (χ4n) is 3.23. The van der Waals surface area contributed by atoms with Crippen LogP contribution in [-0.4, -0.2) is 35.9 Å². The number of rotatable bonds is 5. The lowest BCUT2D eigenvalue weighted by atomic mass is 10.0. The SMILES string of the molecule is CC(CS1(O)NCCCCC1(C)C#N)(N[S@+]([O-])C(C)(C)C)c1nc(Br)ccc1F. The van der Waals surface area contributed by atoms with Crippen LogP contribution in [0.15, 0.2) is 16.7 Å². The van der Waals surface area contributed by atoms with E-state index in [9.17, 15) is 18.8 Å². The predicted molar refractivity (Wildman–Crippen MR) is 121 cm³/mol. The first-order valence-electron chi connectivity index (χ1n) is 9.47. The molecule has 0 bridgehead atoms. The van der Waals surface area contributed by atoms with Crippen LogP contribution in [0.1, 0.15) is 59.6 Å². The molecule has 3 N–H and O–H groups in total. The minimum Gasteiger partial charge on any atom is -0.598 e. The lowest BCUT2D eigenvalue weighted by Crippen LogP contribution is -2.56. The summed E-state index contributed by atoms with van der Waals surface area (Å²) < 4.78 is 44.6. The maximum atomic E-state index is 14.9. The predicted octanol–water partition coefficient (Wildman–Crippen LogP) is 4.50. The molecular weight excluding hydrogens is 479 g/mol. The Kier molecular flexibility index (Phi) is 7.70. The largest absolute Gasteiger partial charge is 0.598 e. The number of nitrogens with one attached hydrogen (secondary N) is 2. The maximum Gasteiger partial charge on any atom is 0.146 e. The van der Waals surface area contributed by atoms with Crippen molar-refractivity contribution >= 4 is 37.8 Å². The van der Waals surface area contributed by atoms with Crippen LogP contribution in [0.5, 0.6) is 0 Å². The summed E-state index contributed by atoms with van der Waals surface area (Å²) in [6.45, 7) is 9.43. The van der Waals surface area contributed by atoms with Crippen molar-refractivity contribution in [2.75, 3.05) is 12.3 Å². The Morgan fingerprint density at radius 2 is 2.10 bits per heavy atom. The maximum absolute atomic E-state index is 14.9. The molecule has 2 heterocycles. The van der Waals surface area contributed by atoms with E-state index >= 15 is 0 Å². The molecule has 164 valence electrons. The molecule has 2 rings (SSSR count). The van der Waals surface area contributed by atoms with Gasteiger partial charge in [0.2, 0.25) is 0 Å². The summed E-state index contributed by atoms with van der Waals surface area (Å²) in [5.74, 6) is -0.573. The molecule has 10 heteroatoms. The Hall–Kier alpha value is -0.410. The second-order valence-electron chi connectivity index (χ2n) is 8.82. The quantitative estimate of drug-likeness (QED) is 0.399. The number of pyridine rings is 1. The minimum absolute atomic E-state index is 0.00769. The van der Waals surface area contributed by atoms with E-state index in [2.05, 4.69) is 36.4 Å². The highest BCUT2D eigenvalue weighted by Crippen LogP contribution is 2.58. The van der Waals surface area contributed by atoms with Crippen LogP contribution < -0.4 is 9.44 Å². The molecule has 3 unspecified atom stereocenters. The second-order valence-corrected chi connectivity index (χ2v) is 14.5. The molecule has 1 aliphatic rings. The third-order valence-electron chi connectivity index (χ3n) is 5.11. The number of nitrogens with zero attached hydrogens (tertiary/aromatic N) is 2. The molecule has 0 amide bonds. The Morgan fingerprint density at radius 1 is 1.45 bits per heavy atom. The normalized spacial score (nSPS) is 31.0. The van der Waals surface area contributed by atoms with Crippen LogP contribution in [-0.2, 0) is 16.9 Å². The number of halogens is 2. The summed E-state index contributed by atoms with van der Waals surface area (Å²) in [7, 11) is -2.72. The summed E-state index contributed by atoms with van der Waals surface area (Å²) in [5, 5.41) is 9.88. The molecule has 1 saturated heterocycles. The van der Waals surface area contributed by atoms with Gasteiger partial charge in [-0.15, -0.1) is 4.72 Å². The first-order chi connectivity index (χ1) is 13.3. The van der Waals surface area contributed by atoms with E-state index in [1.807, 2.05) is 20.8 Å². The molecule has 0 saturated carbocycles. The first kappa shape index (κ1) is 24.9. The van der Waals surface area contributed by atoms with Crippen LogP contribution in [0, 0.1) is 17.1 Å². The number of nitriles is 1. The van der Waals surface area contributed by atoms with E-state index in [4.69, 9.17) is 0 Å². The van der Waals surface area contributed by atoms with Crippen molar-refractivity contribution in [3.05, 3.63) is 28.2 Å². The molecule has 4 atom stereocenters. The lowest BCUT2D eigenvalue weighted by Gasteiger charge is -2.49. The van der Waals surface area contributed by atoms with Gasteiger partial charge in [-0.1, -0.05) is 10.5 Å². The third kappa shape index (κ3) is 5.45. The van der Waals surface area contributed by atoms with E-state index in [0.29, 0.717) is 17.6 Å². The van der Waals surface area contributed by atoms with Crippen molar-refractivity contribution in [1.29, 1.82) is 5.26 Å². The second kappa shape index (κ2) is 8.99. The van der Waals surface area contributed by atoms with Gasteiger partial charge in [0.05, 0.1) is 6.07 Å². The Bertz CT molecular complexity index is 790. The van der Waals surface area contributed by atoms with Gasteiger partial charge in [0, 0.05) is 23.7 Å². The molecule has 0 radical (unpaired) electrons. The topological polar surface area (TPSA) is 104 Å². The van der Waals surface area contributed by atoms with Gasteiger partial charge >= 0.3 is 0 Å². The van der Waals surface area contributed by atoms with Crippen molar-refractivity contribution in [2.45, 2.75) is 68.9 Å². The first-order valence-corrected chi connectivity index (χ1v) is 13.2. The monoisotopic (exact) mass is 508 g/mol. The molecule has 0 aliphatic carbocycles. The average molecular weight is 510 g/mol. The molecule has 6 nitrogen and oxygen atoms in total. The highest BCUT2D eigenvalue weighted by Gasteiger charge is 2.51. The van der Waals surface area contributed by atoms with Gasteiger partial charge in [-0.3, -0.25) is 4.72 Å². The minimum atomic E-state index is -2.72. The molecule has 29 heavy (non-hydrogen) atoms. The zero-order valence-electron chi connectivity index (χ0n) is 17.5. The van der Waals surface area contributed by atoms with Gasteiger partial charge in [0.15, 0.2) is 0 Å². The number of aromatic nitrogens is 1. The van der Waals surface area contributed by atoms with Crippen molar-refractivity contribution in [2.24, 2.45) is 0 Å². The van der Waals surface area contributed by atoms with Gasteiger partial charge in [-0.25, -0.2) is 9.37 Å². The Labute approximate surface area is 186 Å². The molecule has 1 aromatic heterocycles. The van der Waals surface area contributed by atoms with Gasteiger partial charge in [-0.2, -0.15) is 5.26 Å². The number of hydrogen-bond acceptors (Lipinski definition) is 6. The van der Waals surface area contributed by atoms with Crippen LogP contribution in [0.2, 0.25) is 0 Å². The molecule has 1 aliphatic heterocycles. The third-order valence-corrected chi connectivity index (χ3v) is 10.8. The highest BCUT2D eigenvalue weighted by atomic mass is 79.9. The zero-order chi connectivity index (χ0) is 22.1. The van der Waals surface area contributed by atoms with E-state index in [-0.39, 0.29) is 11.4 Å². The molecule has 1 fully saturated rings. The van der Waals surface area contributed by atoms with Crippen molar-refractivity contribution in [1.82, 2.24) is 14.4 Å². The fourth-order valence-corrected chi connectivity index (χ4v) is 7.41. The van der Waals surface area contributed by atoms with Gasteiger partial charge in [-0.05, 0) is 81.9 Å². The molecule has 1 aromatic rings. The van der Waals surface area contributed by atoms with Crippen LogP contribution in [0.3, 0.4) is 0 Å². The molecule has 0 spiro atoms. The van der Waals surface area contributed by atoms with Crippen LogP contribution in [0.4, 0.5) is 4.39 Å². The fraction of sp³-hybridized carbons (Fsp3) is 0.684. The standard InChI is InChI=1S/C19H30BrFN4O2S2/c1-17(2,3)28(26)25-19(5,16-14(21)8-9-15(20)24-16)13-29(27)18(4,12-22)10-6-7-11-23-29/h8-9,23,25,27H,6-7,10-11,13H2,1-5H3/t18?,19?,28-/m1/s1. The summed E-state index contributed by atoms with van der Waals surface area (Å²) in [4.78, 5) is 4.31. The van der Waals surface area contributed by atoms with Crippen molar-refractivity contribution in [3.63, 3.8) is 0 Å². The van der Waals surface area contributed by atoms with Crippen molar-refractivity contribution < 1.29 is 13.5 Å². The molecular formula is C19H30BrFN4O2S2. The highest BCUT2D eigenvalue weighted by molar-refractivity contribution is 9.10. The summed E-state index contributed by atoms with van der Waals surface area (Å²) >= 11 is 1.72. The van der Waals surface area contributed by atoms with E-state index in [0.717, 1.165) is 12.8 Å².